The molecule has 0 bridgehead atoms. The van der Waals surface area contributed by atoms with E-state index in [4.69, 9.17) is 0 Å². The molecule has 0 saturated heterocycles. The van der Waals surface area contributed by atoms with Crippen LogP contribution in [0.1, 0.15) is 37.8 Å². The summed E-state index contributed by atoms with van der Waals surface area (Å²) < 4.78 is 0. The van der Waals surface area contributed by atoms with Crippen molar-refractivity contribution in [3.63, 3.8) is 0 Å². The highest BCUT2D eigenvalue weighted by Gasteiger charge is 2.22. The lowest BCUT2D eigenvalue weighted by molar-refractivity contribution is 0.384. The number of hydrogen-bond acceptors (Lipinski definition) is 2. The fourth-order valence-electron chi connectivity index (χ4n) is 3.07. The minimum absolute atomic E-state index is 0.581. The summed E-state index contributed by atoms with van der Waals surface area (Å²) in [5, 5.41) is 3.50. The third-order valence-corrected chi connectivity index (χ3v) is 4.57. The minimum Gasteiger partial charge on any atom is -0.370 e. The summed E-state index contributed by atoms with van der Waals surface area (Å²) in [6, 6.07) is 7.50. The molecule has 0 saturated carbocycles. The molecule has 2 atom stereocenters. The van der Waals surface area contributed by atoms with Crippen molar-refractivity contribution in [2.75, 3.05) is 25.0 Å². The van der Waals surface area contributed by atoms with Crippen molar-refractivity contribution in [1.82, 2.24) is 5.32 Å². The molecule has 1 aliphatic rings. The van der Waals surface area contributed by atoms with Gasteiger partial charge in [-0.1, -0.05) is 38.0 Å². The highest BCUT2D eigenvalue weighted by molar-refractivity contribution is 5.56. The van der Waals surface area contributed by atoms with Crippen LogP contribution in [0.5, 0.6) is 0 Å². The van der Waals surface area contributed by atoms with Crippen molar-refractivity contribution in [1.29, 1.82) is 0 Å². The average Bonchev–Trinajstić information content (AvgIpc) is 2.43. The lowest BCUT2D eigenvalue weighted by atomic mass is 9.95. The zero-order chi connectivity index (χ0) is 13.8. The van der Waals surface area contributed by atoms with E-state index in [-0.39, 0.29) is 0 Å². The number of benzene rings is 1. The lowest BCUT2D eigenvalue weighted by Gasteiger charge is -2.36. The van der Waals surface area contributed by atoms with Crippen LogP contribution in [0.2, 0.25) is 0 Å². The Balaban J connectivity index is 2.14. The minimum atomic E-state index is 0.581. The maximum Gasteiger partial charge on any atom is 0.0399 e. The Hall–Kier alpha value is -1.02. The molecule has 0 aromatic heterocycles. The first-order valence-corrected chi connectivity index (χ1v) is 7.67. The van der Waals surface area contributed by atoms with Gasteiger partial charge in [0.15, 0.2) is 0 Å². The van der Waals surface area contributed by atoms with Gasteiger partial charge in [0.25, 0.3) is 0 Å². The monoisotopic (exact) mass is 260 g/mol. The summed E-state index contributed by atoms with van der Waals surface area (Å²) in [5.74, 6) is 0.723. The van der Waals surface area contributed by atoms with E-state index >= 15 is 0 Å². The van der Waals surface area contributed by atoms with Crippen LogP contribution in [-0.4, -0.2) is 26.2 Å². The van der Waals surface area contributed by atoms with Gasteiger partial charge in [-0.2, -0.15) is 0 Å². The second-order valence-corrected chi connectivity index (χ2v) is 5.96. The first-order valence-electron chi connectivity index (χ1n) is 7.67. The number of nitrogens with zero attached hydrogens (tertiary/aromatic N) is 1. The number of nitrogens with one attached hydrogen (secondary N) is 1. The van der Waals surface area contributed by atoms with Crippen molar-refractivity contribution in [3.05, 3.63) is 29.3 Å². The summed E-state index contributed by atoms with van der Waals surface area (Å²) in [5.41, 5.74) is 4.37. The maximum absolute atomic E-state index is 3.50. The molecule has 2 unspecified atom stereocenters. The highest BCUT2D eigenvalue weighted by atomic mass is 15.2. The van der Waals surface area contributed by atoms with E-state index in [0.717, 1.165) is 12.5 Å². The molecule has 0 radical (unpaired) electrons. The van der Waals surface area contributed by atoms with E-state index in [2.05, 4.69) is 56.2 Å². The Morgan fingerprint density at radius 2 is 2.16 bits per heavy atom. The Kier molecular flexibility index (Phi) is 4.87. The third kappa shape index (κ3) is 3.30. The van der Waals surface area contributed by atoms with E-state index in [1.54, 1.807) is 0 Å². The van der Waals surface area contributed by atoms with Gasteiger partial charge in [0.05, 0.1) is 0 Å². The summed E-state index contributed by atoms with van der Waals surface area (Å²) in [6.07, 6.45) is 3.76. The van der Waals surface area contributed by atoms with Crippen LogP contribution in [-0.2, 0) is 6.42 Å². The van der Waals surface area contributed by atoms with Crippen molar-refractivity contribution in [2.45, 2.75) is 46.1 Å². The van der Waals surface area contributed by atoms with Gasteiger partial charge in [0.1, 0.15) is 0 Å². The first kappa shape index (κ1) is 14.4. The van der Waals surface area contributed by atoms with Crippen molar-refractivity contribution >= 4 is 5.69 Å². The molecule has 1 aliphatic heterocycles. The van der Waals surface area contributed by atoms with E-state index in [1.807, 2.05) is 0 Å². The fraction of sp³-hybridized carbons (Fsp3) is 0.647. The zero-order valence-electron chi connectivity index (χ0n) is 12.9. The molecule has 1 aromatic rings. The first-order chi connectivity index (χ1) is 9.15. The highest BCUT2D eigenvalue weighted by Crippen LogP contribution is 2.28. The van der Waals surface area contributed by atoms with Gasteiger partial charge in [-0.3, -0.25) is 0 Å². The second-order valence-electron chi connectivity index (χ2n) is 5.96. The molecule has 0 spiro atoms. The van der Waals surface area contributed by atoms with Crippen LogP contribution in [0, 0.1) is 12.8 Å². The average molecular weight is 260 g/mol. The standard InChI is InChI=1S/C17H28N2/c1-5-14(3)16(18-4)12-19-10-6-7-15-11-13(2)8-9-17(15)19/h8-9,11,14,16,18H,5-7,10,12H2,1-4H3. The molecule has 106 valence electrons. The number of rotatable bonds is 5. The summed E-state index contributed by atoms with van der Waals surface area (Å²) in [4.78, 5) is 2.58. The number of aryl methyl sites for hydroxylation is 2. The van der Waals surface area contributed by atoms with Crippen LogP contribution in [0.25, 0.3) is 0 Å². The van der Waals surface area contributed by atoms with E-state index in [0.29, 0.717) is 6.04 Å². The Morgan fingerprint density at radius 3 is 2.84 bits per heavy atom. The maximum atomic E-state index is 3.50. The quantitative estimate of drug-likeness (QED) is 0.873. The van der Waals surface area contributed by atoms with E-state index < -0.39 is 0 Å². The number of fused-ring (bicyclic) bond motifs is 1. The molecule has 0 amide bonds. The fourth-order valence-corrected chi connectivity index (χ4v) is 3.07. The predicted molar refractivity (Wildman–Crippen MR) is 84.0 cm³/mol. The van der Waals surface area contributed by atoms with Crippen LogP contribution >= 0.6 is 0 Å². The van der Waals surface area contributed by atoms with Crippen molar-refractivity contribution in [2.24, 2.45) is 5.92 Å². The molecule has 0 aliphatic carbocycles. The summed E-state index contributed by atoms with van der Waals surface area (Å²) >= 11 is 0. The second kappa shape index (κ2) is 6.42. The van der Waals surface area contributed by atoms with E-state index in [9.17, 15) is 0 Å². The lowest BCUT2D eigenvalue weighted by Crippen LogP contribution is -2.45. The number of likely N-dealkylation sites (N-methyl/N-ethyl adjacent to an activating group) is 1. The molecular weight excluding hydrogens is 232 g/mol. The molecule has 2 rings (SSSR count). The van der Waals surface area contributed by atoms with Crippen LogP contribution < -0.4 is 10.2 Å². The van der Waals surface area contributed by atoms with Gasteiger partial charge in [0, 0.05) is 24.8 Å². The predicted octanol–water partition coefficient (Wildman–Crippen LogP) is 3.38. The number of anilines is 1. The van der Waals surface area contributed by atoms with E-state index in [1.165, 1.54) is 42.6 Å². The van der Waals surface area contributed by atoms with Crippen molar-refractivity contribution < 1.29 is 0 Å². The molecule has 2 heteroatoms. The van der Waals surface area contributed by atoms with Crippen LogP contribution in [0.15, 0.2) is 18.2 Å². The van der Waals surface area contributed by atoms with Gasteiger partial charge in [-0.05, 0) is 44.4 Å². The molecule has 1 heterocycles. The largest absolute Gasteiger partial charge is 0.370 e. The molecule has 19 heavy (non-hydrogen) atoms. The Bertz CT molecular complexity index is 414. The normalized spacial score (nSPS) is 18.0. The van der Waals surface area contributed by atoms with Crippen LogP contribution in [0.4, 0.5) is 5.69 Å². The summed E-state index contributed by atoms with van der Waals surface area (Å²) in [6.45, 7) is 9.14. The summed E-state index contributed by atoms with van der Waals surface area (Å²) in [7, 11) is 2.09. The Labute approximate surface area is 118 Å². The zero-order valence-corrected chi connectivity index (χ0v) is 12.9. The molecule has 1 aromatic carbocycles. The van der Waals surface area contributed by atoms with Gasteiger partial charge in [-0.25, -0.2) is 0 Å². The molecule has 0 fully saturated rings. The topological polar surface area (TPSA) is 15.3 Å². The van der Waals surface area contributed by atoms with Crippen LogP contribution in [0.3, 0.4) is 0 Å². The van der Waals surface area contributed by atoms with Gasteiger partial charge >= 0.3 is 0 Å². The third-order valence-electron chi connectivity index (χ3n) is 4.57. The Morgan fingerprint density at radius 1 is 1.37 bits per heavy atom. The molecule has 1 N–H and O–H groups in total. The molecule has 2 nitrogen and oxygen atoms in total. The smallest absolute Gasteiger partial charge is 0.0399 e. The number of hydrogen-bond donors (Lipinski definition) is 1. The van der Waals surface area contributed by atoms with Gasteiger partial charge in [-0.15, -0.1) is 0 Å². The van der Waals surface area contributed by atoms with Gasteiger partial charge in [0.2, 0.25) is 0 Å². The van der Waals surface area contributed by atoms with Gasteiger partial charge < -0.3 is 10.2 Å². The SMILES string of the molecule is CCC(C)C(CN1CCCc2cc(C)ccc21)NC. The molecular formula is C17H28N2. The van der Waals surface area contributed by atoms with Crippen molar-refractivity contribution in [3.8, 4) is 0 Å².